The van der Waals surface area contributed by atoms with Crippen LogP contribution in [-0.4, -0.2) is 11.7 Å². The normalized spacial score (nSPS) is 14.5. The third-order valence-corrected chi connectivity index (χ3v) is 12.3. The average Bonchev–Trinajstić information content (AvgIpc) is 3.97. The molecule has 5 nitrogen and oxygen atoms in total. The smallest absolute Gasteiger partial charge is 0.159 e. The Labute approximate surface area is 330 Å². The number of hydrogen-bond acceptors (Lipinski definition) is 6. The van der Waals surface area contributed by atoms with Crippen LogP contribution in [0.1, 0.15) is 22.9 Å². The number of para-hydroxylation sites is 2. The van der Waals surface area contributed by atoms with Crippen molar-refractivity contribution < 1.29 is 8.83 Å². The quantitative estimate of drug-likeness (QED) is 0.191. The van der Waals surface area contributed by atoms with Crippen LogP contribution in [0.25, 0.3) is 86.3 Å². The lowest BCUT2D eigenvalue weighted by Gasteiger charge is -2.23. The Balaban J connectivity index is 0.950. The van der Waals surface area contributed by atoms with Crippen LogP contribution < -0.4 is 5.32 Å². The van der Waals surface area contributed by atoms with Gasteiger partial charge in [-0.15, -0.1) is 11.3 Å². The summed E-state index contributed by atoms with van der Waals surface area (Å²) in [6.45, 7) is 0. The van der Waals surface area contributed by atoms with Gasteiger partial charge in [0.1, 0.15) is 34.3 Å². The molecule has 0 aliphatic carbocycles. The molecule has 268 valence electrons. The SMILES string of the molecule is c1ccc(C2=NC(c3ccc4c(c3)sc3cc(-c5ccccc5-c5cccc6oc7ccccc7c56)ccc34)=NC(c3ccc4c(c3)oc3ccccc34)N2)cc1. The average molecular weight is 750 g/mol. The molecule has 3 aromatic heterocycles. The van der Waals surface area contributed by atoms with E-state index < -0.39 is 0 Å². The number of amidine groups is 2. The van der Waals surface area contributed by atoms with Crippen molar-refractivity contribution in [2.45, 2.75) is 6.17 Å². The topological polar surface area (TPSA) is 63.0 Å². The third-order valence-electron chi connectivity index (χ3n) is 11.2. The highest BCUT2D eigenvalue weighted by molar-refractivity contribution is 7.25. The Morgan fingerprint density at radius 3 is 1.89 bits per heavy atom. The highest BCUT2D eigenvalue weighted by atomic mass is 32.1. The van der Waals surface area contributed by atoms with E-state index in [2.05, 4.69) is 133 Å². The fourth-order valence-corrected chi connectivity index (χ4v) is 9.64. The molecule has 1 aliphatic rings. The van der Waals surface area contributed by atoms with Crippen molar-refractivity contribution in [2.24, 2.45) is 9.98 Å². The van der Waals surface area contributed by atoms with E-state index >= 15 is 0 Å². The minimum absolute atomic E-state index is 0.350. The van der Waals surface area contributed by atoms with Crippen LogP contribution >= 0.6 is 11.3 Å². The molecule has 0 saturated heterocycles. The predicted molar refractivity (Wildman–Crippen MR) is 237 cm³/mol. The second kappa shape index (κ2) is 12.6. The number of fused-ring (bicyclic) bond motifs is 9. The van der Waals surface area contributed by atoms with E-state index in [0.717, 1.165) is 66.4 Å². The number of hydrogen-bond donors (Lipinski definition) is 1. The summed E-state index contributed by atoms with van der Waals surface area (Å²) < 4.78 is 15.0. The number of benzene rings is 8. The van der Waals surface area contributed by atoms with E-state index in [1.165, 1.54) is 42.4 Å². The van der Waals surface area contributed by atoms with Crippen molar-refractivity contribution in [3.63, 3.8) is 0 Å². The van der Waals surface area contributed by atoms with Gasteiger partial charge in [0.2, 0.25) is 0 Å². The fourth-order valence-electron chi connectivity index (χ4n) is 8.46. The zero-order valence-electron chi connectivity index (χ0n) is 30.4. The summed E-state index contributed by atoms with van der Waals surface area (Å²) in [6, 6.07) is 61.6. The molecule has 1 N–H and O–H groups in total. The van der Waals surface area contributed by atoms with Gasteiger partial charge in [0.15, 0.2) is 5.84 Å². The molecular weight excluding hydrogens is 719 g/mol. The number of nitrogens with one attached hydrogen (secondary N) is 1. The standard InChI is InChI=1S/C51H31N3O2S/c1-2-11-30(12-3-1)49-52-50(32-22-24-37-36-15-6-8-18-42(36)56-45(37)27-32)54-51(53-49)33-23-26-39-38-25-21-31(28-46(38)57-47(39)29-33)34-13-4-5-14-35(34)40-17-10-20-44-48(40)41-16-7-9-19-43(41)55-44/h1-29,50H,(H,52,53,54). The molecule has 0 amide bonds. The summed E-state index contributed by atoms with van der Waals surface area (Å²) in [5.41, 5.74) is 11.2. The molecule has 12 rings (SSSR count). The first-order valence-electron chi connectivity index (χ1n) is 19.1. The highest BCUT2D eigenvalue weighted by Crippen LogP contribution is 2.43. The van der Waals surface area contributed by atoms with Gasteiger partial charge in [0.25, 0.3) is 0 Å². The maximum absolute atomic E-state index is 6.27. The summed E-state index contributed by atoms with van der Waals surface area (Å²) in [5, 5.41) is 10.6. The molecule has 0 spiro atoms. The maximum atomic E-state index is 6.27. The van der Waals surface area contributed by atoms with Crippen LogP contribution in [0.2, 0.25) is 0 Å². The molecule has 0 bridgehead atoms. The Kier molecular flexibility index (Phi) is 7.09. The molecule has 57 heavy (non-hydrogen) atoms. The Morgan fingerprint density at radius 1 is 0.439 bits per heavy atom. The van der Waals surface area contributed by atoms with Gasteiger partial charge in [-0.25, -0.2) is 9.98 Å². The molecule has 11 aromatic rings. The summed E-state index contributed by atoms with van der Waals surface area (Å²) >= 11 is 1.81. The molecule has 8 aromatic carbocycles. The van der Waals surface area contributed by atoms with Crippen LogP contribution in [0, 0.1) is 0 Å². The van der Waals surface area contributed by atoms with Crippen LogP contribution in [0.3, 0.4) is 0 Å². The monoisotopic (exact) mass is 749 g/mol. The van der Waals surface area contributed by atoms with Crippen LogP contribution in [0.4, 0.5) is 0 Å². The van der Waals surface area contributed by atoms with E-state index in [-0.39, 0.29) is 6.17 Å². The van der Waals surface area contributed by atoms with Gasteiger partial charge in [-0.3, -0.25) is 0 Å². The zero-order valence-corrected chi connectivity index (χ0v) is 31.3. The van der Waals surface area contributed by atoms with Crippen molar-refractivity contribution in [1.29, 1.82) is 0 Å². The summed E-state index contributed by atoms with van der Waals surface area (Å²) in [7, 11) is 0. The summed E-state index contributed by atoms with van der Waals surface area (Å²) in [4.78, 5) is 10.3. The van der Waals surface area contributed by atoms with Gasteiger partial charge in [0.05, 0.1) is 0 Å². The largest absolute Gasteiger partial charge is 0.456 e. The van der Waals surface area contributed by atoms with Crippen molar-refractivity contribution in [2.75, 3.05) is 0 Å². The zero-order chi connectivity index (χ0) is 37.5. The molecule has 1 aliphatic heterocycles. The number of nitrogens with zero attached hydrogens (tertiary/aromatic N) is 2. The lowest BCUT2D eigenvalue weighted by molar-refractivity contribution is 0.655. The van der Waals surface area contributed by atoms with E-state index in [9.17, 15) is 0 Å². The number of thiophene rings is 1. The van der Waals surface area contributed by atoms with Crippen molar-refractivity contribution >= 4 is 87.1 Å². The first-order valence-corrected chi connectivity index (χ1v) is 19.9. The van der Waals surface area contributed by atoms with Gasteiger partial charge in [-0.1, -0.05) is 140 Å². The molecule has 0 radical (unpaired) electrons. The predicted octanol–water partition coefficient (Wildman–Crippen LogP) is 13.7. The van der Waals surface area contributed by atoms with E-state index in [4.69, 9.17) is 18.8 Å². The van der Waals surface area contributed by atoms with Gasteiger partial charge >= 0.3 is 0 Å². The lowest BCUT2D eigenvalue weighted by Crippen LogP contribution is -2.33. The molecular formula is C51H31N3O2S. The second-order valence-corrected chi connectivity index (χ2v) is 15.6. The highest BCUT2D eigenvalue weighted by Gasteiger charge is 2.23. The first kappa shape index (κ1) is 32.0. The van der Waals surface area contributed by atoms with Crippen LogP contribution in [-0.2, 0) is 0 Å². The van der Waals surface area contributed by atoms with Gasteiger partial charge < -0.3 is 14.2 Å². The maximum Gasteiger partial charge on any atom is 0.159 e. The molecule has 4 heterocycles. The minimum atomic E-state index is -0.350. The number of aliphatic imine (C=N–C) groups is 2. The molecule has 0 saturated carbocycles. The Bertz CT molecular complexity index is 3460. The van der Waals surface area contributed by atoms with Crippen LogP contribution in [0.15, 0.2) is 195 Å². The Hall–Kier alpha value is -7.28. The van der Waals surface area contributed by atoms with Gasteiger partial charge in [-0.2, -0.15) is 0 Å². The van der Waals surface area contributed by atoms with Crippen LogP contribution in [0.5, 0.6) is 0 Å². The van der Waals surface area contributed by atoms with Crippen molar-refractivity contribution in [1.82, 2.24) is 5.32 Å². The molecule has 0 fully saturated rings. The minimum Gasteiger partial charge on any atom is -0.456 e. The summed E-state index contributed by atoms with van der Waals surface area (Å²) in [6.07, 6.45) is -0.350. The van der Waals surface area contributed by atoms with Crippen molar-refractivity contribution in [3.8, 4) is 22.3 Å². The fraction of sp³-hybridized carbons (Fsp3) is 0.0196. The number of rotatable bonds is 5. The van der Waals surface area contributed by atoms with E-state index in [0.29, 0.717) is 5.84 Å². The molecule has 1 unspecified atom stereocenters. The lowest BCUT2D eigenvalue weighted by atomic mass is 9.91. The molecule has 6 heteroatoms. The molecule has 1 atom stereocenters. The van der Waals surface area contributed by atoms with E-state index in [1.807, 2.05) is 59.9 Å². The number of furan rings is 2. The first-order chi connectivity index (χ1) is 28.2. The van der Waals surface area contributed by atoms with E-state index in [1.54, 1.807) is 0 Å². The third kappa shape index (κ3) is 5.22. The Morgan fingerprint density at radius 2 is 1.05 bits per heavy atom. The van der Waals surface area contributed by atoms with Gasteiger partial charge in [-0.05, 0) is 58.7 Å². The second-order valence-electron chi connectivity index (χ2n) is 14.5. The van der Waals surface area contributed by atoms with Gasteiger partial charge in [0, 0.05) is 58.4 Å². The van der Waals surface area contributed by atoms with Crippen molar-refractivity contribution in [3.05, 3.63) is 193 Å². The summed E-state index contributed by atoms with van der Waals surface area (Å²) in [5.74, 6) is 1.48.